The van der Waals surface area contributed by atoms with Gasteiger partial charge in [-0.15, -0.1) is 0 Å². The van der Waals surface area contributed by atoms with Crippen LogP contribution in [-0.4, -0.2) is 28.1 Å². The van der Waals surface area contributed by atoms with Crippen molar-refractivity contribution in [1.29, 1.82) is 0 Å². The van der Waals surface area contributed by atoms with Gasteiger partial charge >= 0.3 is 5.97 Å². The van der Waals surface area contributed by atoms with E-state index in [1.165, 1.54) is 6.42 Å². The molecule has 0 aromatic rings. The molecule has 1 aliphatic rings. The van der Waals surface area contributed by atoms with Crippen LogP contribution in [0.25, 0.3) is 0 Å². The van der Waals surface area contributed by atoms with Crippen LogP contribution in [0.15, 0.2) is 24.3 Å². The van der Waals surface area contributed by atoms with Gasteiger partial charge in [0.2, 0.25) is 0 Å². The first kappa shape index (κ1) is 21.6. The second-order valence-electron chi connectivity index (χ2n) is 7.03. The van der Waals surface area contributed by atoms with E-state index in [2.05, 4.69) is 13.0 Å². The fraction of sp³-hybridized carbons (Fsp3) is 0.714. The van der Waals surface area contributed by atoms with Gasteiger partial charge in [0.15, 0.2) is 0 Å². The van der Waals surface area contributed by atoms with E-state index in [0.29, 0.717) is 19.3 Å². The molecule has 142 valence electrons. The molecule has 1 fully saturated rings. The summed E-state index contributed by atoms with van der Waals surface area (Å²) in [7, 11) is 0. The molecule has 0 aromatic carbocycles. The molecule has 0 aromatic heterocycles. The highest BCUT2D eigenvalue weighted by Crippen LogP contribution is 2.31. The lowest BCUT2D eigenvalue weighted by molar-refractivity contribution is -0.146. The number of rotatable bonds is 13. The van der Waals surface area contributed by atoms with Gasteiger partial charge in [-0.2, -0.15) is 0 Å². The lowest BCUT2D eigenvalue weighted by atomic mass is 9.86. The minimum Gasteiger partial charge on any atom is -0.481 e. The number of aliphatic carboxylic acids is 1. The Balaban J connectivity index is 2.18. The lowest BCUT2D eigenvalue weighted by Gasteiger charge is -2.17. The summed E-state index contributed by atoms with van der Waals surface area (Å²) in [6.45, 7) is 2.15. The molecular formula is C21H34O4. The van der Waals surface area contributed by atoms with E-state index in [-0.39, 0.29) is 17.8 Å². The summed E-state index contributed by atoms with van der Waals surface area (Å²) < 4.78 is 0. The quantitative estimate of drug-likeness (QED) is 0.374. The number of unbranched alkanes of at least 4 members (excludes halogenated alkanes) is 3. The molecule has 0 aliphatic heterocycles. The molecule has 3 atom stereocenters. The van der Waals surface area contributed by atoms with E-state index in [0.717, 1.165) is 44.9 Å². The molecule has 0 amide bonds. The number of aliphatic hydroxyl groups is 1. The first-order valence-corrected chi connectivity index (χ1v) is 9.81. The number of Topliss-reactive ketones (excluding diaryl/α,β-unsaturated/α-hetero) is 1. The molecule has 0 bridgehead atoms. The van der Waals surface area contributed by atoms with Gasteiger partial charge < -0.3 is 10.2 Å². The standard InChI is InChI=1S/C21H34O4/c1-2-3-8-12-17(22)13-9-6-4-5-7-10-14-19(21(24)25)18-15-11-16-20(18)23/h5,7,9,13,17-19,22H,2-4,6,8,10-12,14-16H2,1H3,(H,24,25)/b7-5-,13-9+/t17-,18+,19-/m0/s1. The number of carboxylic acids is 1. The van der Waals surface area contributed by atoms with Crippen molar-refractivity contribution in [2.45, 2.75) is 83.7 Å². The Morgan fingerprint density at radius 1 is 1.16 bits per heavy atom. The molecule has 2 N–H and O–H groups in total. The van der Waals surface area contributed by atoms with Crippen molar-refractivity contribution in [3.05, 3.63) is 24.3 Å². The van der Waals surface area contributed by atoms with Crippen molar-refractivity contribution in [3.8, 4) is 0 Å². The second-order valence-corrected chi connectivity index (χ2v) is 7.03. The first-order chi connectivity index (χ1) is 12.1. The Kier molecular flexibility index (Phi) is 11.1. The van der Waals surface area contributed by atoms with Gasteiger partial charge in [-0.25, -0.2) is 0 Å². The highest BCUT2D eigenvalue weighted by molar-refractivity contribution is 5.87. The van der Waals surface area contributed by atoms with E-state index in [1.54, 1.807) is 0 Å². The van der Waals surface area contributed by atoms with Crippen LogP contribution in [0.4, 0.5) is 0 Å². The molecule has 1 saturated carbocycles. The maximum atomic E-state index is 11.8. The van der Waals surface area contributed by atoms with Crippen LogP contribution < -0.4 is 0 Å². The van der Waals surface area contributed by atoms with Crippen molar-refractivity contribution in [2.24, 2.45) is 11.8 Å². The SMILES string of the molecule is CCCCC[C@H](O)/C=C/CC/C=C\CC[C@H](C(=O)O)[C@H]1CCCC1=O. The lowest BCUT2D eigenvalue weighted by Crippen LogP contribution is -2.26. The third-order valence-corrected chi connectivity index (χ3v) is 4.93. The number of ketones is 1. The fourth-order valence-electron chi connectivity index (χ4n) is 3.42. The summed E-state index contributed by atoms with van der Waals surface area (Å²) >= 11 is 0. The minimum atomic E-state index is -0.839. The van der Waals surface area contributed by atoms with E-state index in [9.17, 15) is 19.8 Å². The van der Waals surface area contributed by atoms with E-state index < -0.39 is 11.9 Å². The molecule has 0 radical (unpaired) electrons. The molecular weight excluding hydrogens is 316 g/mol. The van der Waals surface area contributed by atoms with Crippen LogP contribution >= 0.6 is 0 Å². The van der Waals surface area contributed by atoms with Crippen molar-refractivity contribution < 1.29 is 19.8 Å². The highest BCUT2D eigenvalue weighted by Gasteiger charge is 2.35. The van der Waals surface area contributed by atoms with Gasteiger partial charge in [0.1, 0.15) is 5.78 Å². The number of allylic oxidation sites excluding steroid dienone is 3. The molecule has 1 aliphatic carbocycles. The predicted molar refractivity (Wildman–Crippen MR) is 100 cm³/mol. The van der Waals surface area contributed by atoms with Crippen molar-refractivity contribution >= 4 is 11.8 Å². The molecule has 4 nitrogen and oxygen atoms in total. The zero-order valence-electron chi connectivity index (χ0n) is 15.5. The Bertz CT molecular complexity index is 453. The second kappa shape index (κ2) is 12.9. The van der Waals surface area contributed by atoms with Crippen molar-refractivity contribution in [2.75, 3.05) is 0 Å². The Hall–Kier alpha value is -1.42. The average Bonchev–Trinajstić information content (AvgIpc) is 2.99. The number of carbonyl (C=O) groups excluding carboxylic acids is 1. The summed E-state index contributed by atoms with van der Waals surface area (Å²) in [5, 5.41) is 19.1. The van der Waals surface area contributed by atoms with E-state index >= 15 is 0 Å². The Labute approximate surface area is 152 Å². The largest absolute Gasteiger partial charge is 0.481 e. The highest BCUT2D eigenvalue weighted by atomic mass is 16.4. The maximum Gasteiger partial charge on any atom is 0.307 e. The molecule has 0 saturated heterocycles. The molecule has 0 heterocycles. The normalized spacial score (nSPS) is 20.6. The zero-order chi connectivity index (χ0) is 18.5. The topological polar surface area (TPSA) is 74.6 Å². The fourth-order valence-corrected chi connectivity index (χ4v) is 3.42. The summed E-state index contributed by atoms with van der Waals surface area (Å²) in [6, 6.07) is 0. The smallest absolute Gasteiger partial charge is 0.307 e. The number of aliphatic hydroxyl groups excluding tert-OH is 1. The molecule has 1 rings (SSSR count). The van der Waals surface area contributed by atoms with Crippen molar-refractivity contribution in [3.63, 3.8) is 0 Å². The zero-order valence-corrected chi connectivity index (χ0v) is 15.5. The average molecular weight is 350 g/mol. The van der Waals surface area contributed by atoms with Crippen LogP contribution in [0.1, 0.15) is 77.6 Å². The van der Waals surface area contributed by atoms with E-state index in [1.807, 2.05) is 18.2 Å². The summed E-state index contributed by atoms with van der Waals surface area (Å²) in [4.78, 5) is 23.1. The van der Waals surface area contributed by atoms with Gasteiger partial charge in [-0.3, -0.25) is 9.59 Å². The van der Waals surface area contributed by atoms with Crippen LogP contribution in [0.2, 0.25) is 0 Å². The Morgan fingerprint density at radius 3 is 2.52 bits per heavy atom. The number of carbonyl (C=O) groups is 2. The molecule has 0 spiro atoms. The van der Waals surface area contributed by atoms with Crippen LogP contribution in [0.3, 0.4) is 0 Å². The van der Waals surface area contributed by atoms with Crippen LogP contribution in [-0.2, 0) is 9.59 Å². The first-order valence-electron chi connectivity index (χ1n) is 9.81. The number of carboxylic acid groups (broad SMARTS) is 1. The summed E-state index contributed by atoms with van der Waals surface area (Å²) in [6.07, 6.45) is 16.9. The predicted octanol–water partition coefficient (Wildman–Crippen LogP) is 4.67. The molecule has 4 heteroatoms. The van der Waals surface area contributed by atoms with E-state index in [4.69, 9.17) is 0 Å². The summed E-state index contributed by atoms with van der Waals surface area (Å²) in [5.74, 6) is -1.52. The van der Waals surface area contributed by atoms with Gasteiger partial charge in [0, 0.05) is 12.3 Å². The number of hydrogen-bond donors (Lipinski definition) is 2. The maximum absolute atomic E-state index is 11.8. The Morgan fingerprint density at radius 2 is 1.88 bits per heavy atom. The monoisotopic (exact) mass is 350 g/mol. The van der Waals surface area contributed by atoms with Gasteiger partial charge in [-0.05, 0) is 44.9 Å². The number of hydrogen-bond acceptors (Lipinski definition) is 3. The van der Waals surface area contributed by atoms with Gasteiger partial charge in [0.25, 0.3) is 0 Å². The van der Waals surface area contributed by atoms with Crippen LogP contribution in [0, 0.1) is 11.8 Å². The minimum absolute atomic E-state index is 0.124. The van der Waals surface area contributed by atoms with Gasteiger partial charge in [0.05, 0.1) is 12.0 Å². The third kappa shape index (κ3) is 9.01. The molecule has 25 heavy (non-hydrogen) atoms. The van der Waals surface area contributed by atoms with Crippen LogP contribution in [0.5, 0.6) is 0 Å². The third-order valence-electron chi connectivity index (χ3n) is 4.93. The molecule has 0 unspecified atom stereocenters. The summed E-state index contributed by atoms with van der Waals surface area (Å²) in [5.41, 5.74) is 0. The van der Waals surface area contributed by atoms with Crippen molar-refractivity contribution in [1.82, 2.24) is 0 Å². The van der Waals surface area contributed by atoms with Gasteiger partial charge in [-0.1, -0.05) is 50.5 Å².